The van der Waals surface area contributed by atoms with E-state index in [1.54, 1.807) is 25.3 Å². The summed E-state index contributed by atoms with van der Waals surface area (Å²) in [4.78, 5) is 11.9. The zero-order chi connectivity index (χ0) is 12.8. The molecule has 1 rings (SSSR count). The molecule has 0 aromatic heterocycles. The fourth-order valence-electron chi connectivity index (χ4n) is 1.43. The van der Waals surface area contributed by atoms with Crippen LogP contribution in [0.15, 0.2) is 18.2 Å². The minimum absolute atomic E-state index is 0.151. The first-order chi connectivity index (χ1) is 8.04. The van der Waals surface area contributed by atoms with Crippen molar-refractivity contribution < 1.29 is 9.53 Å². The minimum Gasteiger partial charge on any atom is -0.497 e. The number of carbonyl (C=O) groups is 1. The first kappa shape index (κ1) is 13.4. The van der Waals surface area contributed by atoms with E-state index >= 15 is 0 Å². The third-order valence-corrected chi connectivity index (χ3v) is 2.51. The van der Waals surface area contributed by atoms with Gasteiger partial charge >= 0.3 is 0 Å². The van der Waals surface area contributed by atoms with Gasteiger partial charge in [0.2, 0.25) is 0 Å². The van der Waals surface area contributed by atoms with E-state index in [2.05, 4.69) is 19.2 Å². The molecule has 94 valence electrons. The standard InChI is InChI=1S/C13H20N2O2/c1-9(2)6-7-15-13(16)11-8-10(17-3)4-5-12(11)14/h4-5,8-9H,6-7,14H2,1-3H3,(H,15,16). The second-order valence-electron chi connectivity index (χ2n) is 4.39. The highest BCUT2D eigenvalue weighted by Gasteiger charge is 2.10. The third kappa shape index (κ3) is 3.98. The van der Waals surface area contributed by atoms with Crippen molar-refractivity contribution in [1.82, 2.24) is 5.32 Å². The molecule has 0 unspecified atom stereocenters. The molecule has 0 saturated carbocycles. The molecule has 1 aromatic rings. The van der Waals surface area contributed by atoms with Gasteiger partial charge in [-0.3, -0.25) is 4.79 Å². The maximum absolute atomic E-state index is 11.9. The molecule has 0 aliphatic carbocycles. The number of hydrogen-bond donors (Lipinski definition) is 2. The van der Waals surface area contributed by atoms with Crippen LogP contribution in [0.1, 0.15) is 30.6 Å². The molecule has 0 spiro atoms. The molecular formula is C13H20N2O2. The van der Waals surface area contributed by atoms with Crippen LogP contribution in [-0.2, 0) is 0 Å². The number of hydrogen-bond acceptors (Lipinski definition) is 3. The number of nitrogen functional groups attached to an aromatic ring is 1. The van der Waals surface area contributed by atoms with Crippen LogP contribution in [-0.4, -0.2) is 19.6 Å². The zero-order valence-electron chi connectivity index (χ0n) is 10.6. The van der Waals surface area contributed by atoms with Gasteiger partial charge in [0.05, 0.1) is 12.7 Å². The van der Waals surface area contributed by atoms with Crippen LogP contribution >= 0.6 is 0 Å². The molecule has 0 heterocycles. The highest BCUT2D eigenvalue weighted by Crippen LogP contribution is 2.19. The van der Waals surface area contributed by atoms with Crippen molar-refractivity contribution in [2.45, 2.75) is 20.3 Å². The van der Waals surface area contributed by atoms with Crippen molar-refractivity contribution >= 4 is 11.6 Å². The molecule has 0 radical (unpaired) electrons. The summed E-state index contributed by atoms with van der Waals surface area (Å²) in [6, 6.07) is 5.07. The van der Waals surface area contributed by atoms with Crippen LogP contribution in [0.4, 0.5) is 5.69 Å². The van der Waals surface area contributed by atoms with Gasteiger partial charge in [0.15, 0.2) is 0 Å². The summed E-state index contributed by atoms with van der Waals surface area (Å²) in [5.41, 5.74) is 6.69. The smallest absolute Gasteiger partial charge is 0.253 e. The van der Waals surface area contributed by atoms with Crippen LogP contribution in [0.5, 0.6) is 5.75 Å². The molecule has 0 atom stereocenters. The number of ether oxygens (including phenoxy) is 1. The SMILES string of the molecule is COc1ccc(N)c(C(=O)NCCC(C)C)c1. The van der Waals surface area contributed by atoms with Crippen LogP contribution in [0, 0.1) is 5.92 Å². The number of rotatable bonds is 5. The lowest BCUT2D eigenvalue weighted by Crippen LogP contribution is -2.26. The van der Waals surface area contributed by atoms with E-state index in [0.717, 1.165) is 6.42 Å². The number of nitrogens with two attached hydrogens (primary N) is 1. The van der Waals surface area contributed by atoms with Gasteiger partial charge in [0, 0.05) is 12.2 Å². The Hall–Kier alpha value is -1.71. The Labute approximate surface area is 102 Å². The third-order valence-electron chi connectivity index (χ3n) is 2.51. The van der Waals surface area contributed by atoms with Gasteiger partial charge in [-0.25, -0.2) is 0 Å². The Kier molecular flexibility index (Phi) is 4.82. The van der Waals surface area contributed by atoms with Gasteiger partial charge in [0.1, 0.15) is 5.75 Å². The molecule has 0 aliphatic rings. The van der Waals surface area contributed by atoms with Crippen molar-refractivity contribution in [3.8, 4) is 5.75 Å². The average molecular weight is 236 g/mol. The molecule has 4 nitrogen and oxygen atoms in total. The number of amides is 1. The van der Waals surface area contributed by atoms with E-state index in [4.69, 9.17) is 10.5 Å². The molecule has 3 N–H and O–H groups in total. The predicted octanol–water partition coefficient (Wildman–Crippen LogP) is 2.05. The highest BCUT2D eigenvalue weighted by molar-refractivity contribution is 5.99. The summed E-state index contributed by atoms with van der Waals surface area (Å²) in [5.74, 6) is 1.05. The van der Waals surface area contributed by atoms with E-state index in [0.29, 0.717) is 29.5 Å². The van der Waals surface area contributed by atoms with E-state index < -0.39 is 0 Å². The summed E-state index contributed by atoms with van der Waals surface area (Å²) in [6.07, 6.45) is 0.954. The van der Waals surface area contributed by atoms with Crippen LogP contribution in [0.25, 0.3) is 0 Å². The summed E-state index contributed by atoms with van der Waals surface area (Å²) in [7, 11) is 1.56. The lowest BCUT2D eigenvalue weighted by Gasteiger charge is -2.10. The molecular weight excluding hydrogens is 216 g/mol. The fourth-order valence-corrected chi connectivity index (χ4v) is 1.43. The molecule has 17 heavy (non-hydrogen) atoms. The van der Waals surface area contributed by atoms with Crippen molar-refractivity contribution in [3.63, 3.8) is 0 Å². The number of benzene rings is 1. The van der Waals surface area contributed by atoms with Gasteiger partial charge in [-0.1, -0.05) is 13.8 Å². The molecule has 0 aliphatic heterocycles. The Balaban J connectivity index is 2.67. The monoisotopic (exact) mass is 236 g/mol. The lowest BCUT2D eigenvalue weighted by molar-refractivity contribution is 0.0952. The van der Waals surface area contributed by atoms with E-state index in [1.807, 2.05) is 0 Å². The van der Waals surface area contributed by atoms with Crippen LogP contribution in [0.2, 0.25) is 0 Å². The number of methoxy groups -OCH3 is 1. The number of anilines is 1. The van der Waals surface area contributed by atoms with Crippen LogP contribution in [0.3, 0.4) is 0 Å². The summed E-state index contributed by atoms with van der Waals surface area (Å²) >= 11 is 0. The Morgan fingerprint density at radius 1 is 1.47 bits per heavy atom. The minimum atomic E-state index is -0.151. The first-order valence-corrected chi connectivity index (χ1v) is 5.76. The first-order valence-electron chi connectivity index (χ1n) is 5.76. The summed E-state index contributed by atoms with van der Waals surface area (Å²) in [5, 5.41) is 2.85. The van der Waals surface area contributed by atoms with E-state index in [9.17, 15) is 4.79 Å². The molecule has 1 amide bonds. The van der Waals surface area contributed by atoms with E-state index in [-0.39, 0.29) is 5.91 Å². The Bertz CT molecular complexity index is 389. The number of carbonyl (C=O) groups excluding carboxylic acids is 1. The van der Waals surface area contributed by atoms with E-state index in [1.165, 1.54) is 0 Å². The van der Waals surface area contributed by atoms with Crippen molar-refractivity contribution in [2.75, 3.05) is 19.4 Å². The largest absolute Gasteiger partial charge is 0.497 e. The normalized spacial score (nSPS) is 10.4. The Morgan fingerprint density at radius 3 is 2.76 bits per heavy atom. The topological polar surface area (TPSA) is 64.3 Å². The molecule has 4 heteroatoms. The average Bonchev–Trinajstić information content (AvgIpc) is 2.29. The molecule has 1 aromatic carbocycles. The summed E-state index contributed by atoms with van der Waals surface area (Å²) in [6.45, 7) is 4.89. The Morgan fingerprint density at radius 2 is 2.18 bits per heavy atom. The predicted molar refractivity (Wildman–Crippen MR) is 69.2 cm³/mol. The lowest BCUT2D eigenvalue weighted by atomic mass is 10.1. The van der Waals surface area contributed by atoms with Gasteiger partial charge in [-0.2, -0.15) is 0 Å². The van der Waals surface area contributed by atoms with Crippen LogP contribution < -0.4 is 15.8 Å². The maximum Gasteiger partial charge on any atom is 0.253 e. The fraction of sp³-hybridized carbons (Fsp3) is 0.462. The van der Waals surface area contributed by atoms with Crippen molar-refractivity contribution in [2.24, 2.45) is 5.92 Å². The quantitative estimate of drug-likeness (QED) is 0.769. The van der Waals surface area contributed by atoms with Gasteiger partial charge in [0.25, 0.3) is 5.91 Å². The molecule has 0 fully saturated rings. The number of nitrogens with one attached hydrogen (secondary N) is 1. The van der Waals surface area contributed by atoms with Crippen molar-refractivity contribution in [1.29, 1.82) is 0 Å². The van der Waals surface area contributed by atoms with Crippen molar-refractivity contribution in [3.05, 3.63) is 23.8 Å². The van der Waals surface area contributed by atoms with Gasteiger partial charge < -0.3 is 15.8 Å². The molecule has 0 saturated heterocycles. The second kappa shape index (κ2) is 6.13. The molecule has 0 bridgehead atoms. The highest BCUT2D eigenvalue weighted by atomic mass is 16.5. The van der Waals surface area contributed by atoms with Gasteiger partial charge in [-0.15, -0.1) is 0 Å². The summed E-state index contributed by atoms with van der Waals surface area (Å²) < 4.78 is 5.07. The van der Waals surface area contributed by atoms with Gasteiger partial charge in [-0.05, 0) is 30.5 Å². The maximum atomic E-state index is 11.9. The zero-order valence-corrected chi connectivity index (χ0v) is 10.6. The second-order valence-corrected chi connectivity index (χ2v) is 4.39.